The fourth-order valence-corrected chi connectivity index (χ4v) is 4.83. The molecule has 0 atom stereocenters. The average molecular weight is 414 g/mol. The molecule has 3 aromatic rings. The number of aromatic nitrogens is 2. The van der Waals surface area contributed by atoms with Crippen molar-refractivity contribution in [3.63, 3.8) is 0 Å². The predicted octanol–water partition coefficient (Wildman–Crippen LogP) is 2.73. The quantitative estimate of drug-likeness (QED) is 0.696. The Labute approximate surface area is 167 Å². The number of rotatable bonds is 5. The number of hydrogen-bond acceptors (Lipinski definition) is 4. The van der Waals surface area contributed by atoms with Crippen molar-refractivity contribution in [3.05, 3.63) is 72.3 Å². The van der Waals surface area contributed by atoms with Gasteiger partial charge in [0.2, 0.25) is 15.9 Å². The van der Waals surface area contributed by atoms with Gasteiger partial charge in [-0.05, 0) is 48.4 Å². The molecule has 1 fully saturated rings. The van der Waals surface area contributed by atoms with Crippen LogP contribution in [-0.2, 0) is 21.2 Å². The van der Waals surface area contributed by atoms with Crippen molar-refractivity contribution in [2.75, 3.05) is 21.9 Å². The van der Waals surface area contributed by atoms with Gasteiger partial charge in [0, 0.05) is 24.6 Å². The van der Waals surface area contributed by atoms with E-state index in [4.69, 9.17) is 0 Å². The van der Waals surface area contributed by atoms with Crippen LogP contribution in [0.25, 0.3) is 5.69 Å². The van der Waals surface area contributed by atoms with Crippen LogP contribution in [0.2, 0.25) is 0 Å². The van der Waals surface area contributed by atoms with Gasteiger partial charge in [-0.15, -0.1) is 0 Å². The third-order valence-electron chi connectivity index (χ3n) is 4.67. The molecular formula is C20H19FN4O3S. The van der Waals surface area contributed by atoms with Crippen LogP contribution in [-0.4, -0.2) is 36.4 Å². The molecule has 9 heteroatoms. The summed E-state index contributed by atoms with van der Waals surface area (Å²) in [6, 6.07) is 13.2. The van der Waals surface area contributed by atoms with Crippen LogP contribution in [0.1, 0.15) is 12.0 Å². The smallest absolute Gasteiger partial charge is 0.235 e. The molecule has 1 aliphatic heterocycles. The number of carbonyl (C=O) groups is 1. The van der Waals surface area contributed by atoms with E-state index < -0.39 is 15.8 Å². The minimum atomic E-state index is -3.51. The van der Waals surface area contributed by atoms with Crippen molar-refractivity contribution in [1.29, 1.82) is 0 Å². The lowest BCUT2D eigenvalue weighted by Crippen LogP contribution is -2.26. The summed E-state index contributed by atoms with van der Waals surface area (Å²) in [5.74, 6) is -0.918. The summed E-state index contributed by atoms with van der Waals surface area (Å²) in [4.78, 5) is 12.4. The van der Waals surface area contributed by atoms with Gasteiger partial charge in [-0.3, -0.25) is 9.10 Å². The van der Waals surface area contributed by atoms with E-state index in [2.05, 4.69) is 10.4 Å². The predicted molar refractivity (Wildman–Crippen MR) is 108 cm³/mol. The van der Waals surface area contributed by atoms with Crippen molar-refractivity contribution in [2.45, 2.75) is 12.8 Å². The van der Waals surface area contributed by atoms with Gasteiger partial charge in [0.25, 0.3) is 0 Å². The summed E-state index contributed by atoms with van der Waals surface area (Å²) in [5, 5.41) is 6.86. The van der Waals surface area contributed by atoms with Gasteiger partial charge in [0.15, 0.2) is 0 Å². The maximum atomic E-state index is 14.2. The Hall–Kier alpha value is -3.20. The van der Waals surface area contributed by atoms with Crippen LogP contribution in [0, 0.1) is 5.82 Å². The number of nitrogens with zero attached hydrogens (tertiary/aromatic N) is 3. The molecular weight excluding hydrogens is 395 g/mol. The summed E-state index contributed by atoms with van der Waals surface area (Å²) in [5.41, 5.74) is 2.00. The second-order valence-corrected chi connectivity index (χ2v) is 8.76. The lowest BCUT2D eigenvalue weighted by Gasteiger charge is -2.18. The molecule has 1 aromatic heterocycles. The minimum absolute atomic E-state index is 0.00243. The standard InChI is InChI=1S/C20H19FN4O3S/c21-18-8-5-16(14-19(18)25-11-2-12-29(25,27)28)23-20(26)13-15-3-6-17(7-4-15)24-10-1-9-22-24/h1,3-10,14H,2,11-13H2,(H,23,26). The highest BCUT2D eigenvalue weighted by atomic mass is 32.2. The first-order chi connectivity index (χ1) is 13.9. The van der Waals surface area contributed by atoms with E-state index >= 15 is 0 Å². The number of benzene rings is 2. The van der Waals surface area contributed by atoms with E-state index in [0.717, 1.165) is 21.6 Å². The van der Waals surface area contributed by atoms with E-state index in [1.165, 1.54) is 12.1 Å². The van der Waals surface area contributed by atoms with Gasteiger partial charge < -0.3 is 5.32 Å². The molecule has 0 spiro atoms. The maximum absolute atomic E-state index is 14.2. The first-order valence-corrected chi connectivity index (χ1v) is 10.7. The van der Waals surface area contributed by atoms with Crippen molar-refractivity contribution in [2.24, 2.45) is 0 Å². The number of anilines is 2. The summed E-state index contributed by atoms with van der Waals surface area (Å²) < 4.78 is 41.1. The molecule has 4 rings (SSSR count). The van der Waals surface area contributed by atoms with Crippen LogP contribution in [0.3, 0.4) is 0 Å². The van der Waals surface area contributed by atoms with Gasteiger partial charge in [-0.2, -0.15) is 5.10 Å². The molecule has 0 saturated carbocycles. The number of halogens is 1. The first kappa shape index (κ1) is 19.1. The van der Waals surface area contributed by atoms with Gasteiger partial charge in [-0.25, -0.2) is 17.5 Å². The van der Waals surface area contributed by atoms with Gasteiger partial charge in [0.05, 0.1) is 23.5 Å². The number of nitrogens with one attached hydrogen (secondary N) is 1. The Kier molecular flexibility index (Phi) is 5.06. The molecule has 2 heterocycles. The van der Waals surface area contributed by atoms with Crippen LogP contribution in [0.4, 0.5) is 15.8 Å². The van der Waals surface area contributed by atoms with E-state index in [0.29, 0.717) is 12.1 Å². The lowest BCUT2D eigenvalue weighted by atomic mass is 10.1. The fraction of sp³-hybridized carbons (Fsp3) is 0.200. The molecule has 2 aromatic carbocycles. The molecule has 0 aliphatic carbocycles. The molecule has 1 saturated heterocycles. The number of carbonyl (C=O) groups excluding carboxylic acids is 1. The molecule has 1 N–H and O–H groups in total. The number of sulfonamides is 1. The minimum Gasteiger partial charge on any atom is -0.326 e. The van der Waals surface area contributed by atoms with E-state index in [9.17, 15) is 17.6 Å². The summed E-state index contributed by atoms with van der Waals surface area (Å²) in [6.45, 7) is 0.235. The average Bonchev–Trinajstić information content (AvgIpc) is 3.33. The molecule has 1 aliphatic rings. The number of hydrogen-bond donors (Lipinski definition) is 1. The van der Waals surface area contributed by atoms with Crippen molar-refractivity contribution < 1.29 is 17.6 Å². The van der Waals surface area contributed by atoms with Crippen molar-refractivity contribution in [3.8, 4) is 5.69 Å². The van der Waals surface area contributed by atoms with Gasteiger partial charge >= 0.3 is 0 Å². The lowest BCUT2D eigenvalue weighted by molar-refractivity contribution is -0.115. The van der Waals surface area contributed by atoms with Crippen LogP contribution in [0.5, 0.6) is 0 Å². The zero-order valence-electron chi connectivity index (χ0n) is 15.5. The topological polar surface area (TPSA) is 84.3 Å². The molecule has 1 amide bonds. The Morgan fingerprint density at radius 3 is 2.62 bits per heavy atom. The monoisotopic (exact) mass is 414 g/mol. The van der Waals surface area contributed by atoms with Gasteiger partial charge in [0.1, 0.15) is 5.82 Å². The highest BCUT2D eigenvalue weighted by Gasteiger charge is 2.30. The SMILES string of the molecule is O=C(Cc1ccc(-n2cccn2)cc1)Nc1ccc(F)c(N2CCCS2(=O)=O)c1. The summed E-state index contributed by atoms with van der Waals surface area (Å²) in [7, 11) is -3.51. The second-order valence-electron chi connectivity index (χ2n) is 6.75. The summed E-state index contributed by atoms with van der Waals surface area (Å²) >= 11 is 0. The Morgan fingerprint density at radius 1 is 1.17 bits per heavy atom. The molecule has 29 heavy (non-hydrogen) atoms. The van der Waals surface area contributed by atoms with Crippen molar-refractivity contribution in [1.82, 2.24) is 9.78 Å². The van der Waals surface area contributed by atoms with Crippen LogP contribution in [0.15, 0.2) is 60.9 Å². The third-order valence-corrected chi connectivity index (χ3v) is 6.52. The highest BCUT2D eigenvalue weighted by molar-refractivity contribution is 7.93. The first-order valence-electron chi connectivity index (χ1n) is 9.11. The second kappa shape index (κ2) is 7.67. The molecule has 150 valence electrons. The van der Waals surface area contributed by atoms with Crippen molar-refractivity contribution >= 4 is 27.3 Å². The van der Waals surface area contributed by atoms with E-state index in [-0.39, 0.29) is 30.3 Å². The Balaban J connectivity index is 1.45. The zero-order valence-corrected chi connectivity index (χ0v) is 16.3. The normalized spacial score (nSPS) is 15.4. The van der Waals surface area contributed by atoms with Crippen LogP contribution >= 0.6 is 0 Å². The largest absolute Gasteiger partial charge is 0.326 e. The molecule has 0 radical (unpaired) electrons. The number of amides is 1. The van der Waals surface area contributed by atoms with E-state index in [1.54, 1.807) is 10.9 Å². The Bertz CT molecular complexity index is 1130. The molecule has 0 unspecified atom stereocenters. The van der Waals surface area contributed by atoms with Crippen LogP contribution < -0.4 is 9.62 Å². The molecule has 0 bridgehead atoms. The third kappa shape index (κ3) is 4.14. The Morgan fingerprint density at radius 2 is 1.97 bits per heavy atom. The highest BCUT2D eigenvalue weighted by Crippen LogP contribution is 2.29. The summed E-state index contributed by atoms with van der Waals surface area (Å²) in [6.07, 6.45) is 4.10. The molecule has 7 nitrogen and oxygen atoms in total. The van der Waals surface area contributed by atoms with Gasteiger partial charge in [-0.1, -0.05) is 12.1 Å². The zero-order chi connectivity index (χ0) is 20.4. The maximum Gasteiger partial charge on any atom is 0.235 e. The fourth-order valence-electron chi connectivity index (χ4n) is 3.27. The van der Waals surface area contributed by atoms with E-state index in [1.807, 2.05) is 36.5 Å².